The van der Waals surface area contributed by atoms with Gasteiger partial charge < -0.3 is 20.1 Å². The van der Waals surface area contributed by atoms with Gasteiger partial charge >= 0.3 is 0 Å². The third kappa shape index (κ3) is 4.37. The van der Waals surface area contributed by atoms with Gasteiger partial charge in [-0.1, -0.05) is 0 Å². The van der Waals surface area contributed by atoms with Crippen LogP contribution in [0.25, 0.3) is 0 Å². The molecule has 0 aromatic heterocycles. The number of rotatable bonds is 5. The molecule has 4 nitrogen and oxygen atoms in total. The van der Waals surface area contributed by atoms with Crippen molar-refractivity contribution in [3.8, 4) is 0 Å². The smallest absolute Gasteiger partial charge is 0.112 e. The molecule has 0 fully saturated rings. The van der Waals surface area contributed by atoms with Gasteiger partial charge in [0, 0.05) is 6.00 Å². The van der Waals surface area contributed by atoms with Crippen molar-refractivity contribution in [3.63, 3.8) is 0 Å². The van der Waals surface area contributed by atoms with Crippen LogP contribution in [0.3, 0.4) is 0 Å². The van der Waals surface area contributed by atoms with Crippen LogP contribution in [0.4, 0.5) is 0 Å². The molecule has 2 atom stereocenters. The monoisotopic (exact) mass is 160 g/mol. The van der Waals surface area contributed by atoms with E-state index in [9.17, 15) is 0 Å². The molecule has 0 spiro atoms. The molecule has 0 amide bonds. The maximum absolute atomic E-state index is 8.85. The SMILES string of the molecule is [B][C@H](OC(CO)CO)[C@H](C)O. The third-order valence-electron chi connectivity index (χ3n) is 1.23. The fourth-order valence-electron chi connectivity index (χ4n) is 0.480. The molecule has 0 aliphatic rings. The van der Waals surface area contributed by atoms with E-state index in [-0.39, 0.29) is 13.2 Å². The number of aliphatic hydroxyl groups excluding tert-OH is 3. The largest absolute Gasteiger partial charge is 0.394 e. The van der Waals surface area contributed by atoms with Gasteiger partial charge in [0.05, 0.1) is 19.3 Å². The van der Waals surface area contributed by atoms with Gasteiger partial charge in [0.25, 0.3) is 0 Å². The quantitative estimate of drug-likeness (QED) is 0.416. The molecule has 0 aromatic carbocycles. The standard InChI is InChI=1S/C6H13BO4/c1-4(10)6(7)11-5(2-8)3-9/h4-6,8-10H,2-3H2,1H3/t4-,6+/m0/s1. The molecule has 0 rings (SSSR count). The molecule has 0 heterocycles. The van der Waals surface area contributed by atoms with Gasteiger partial charge in [-0.2, -0.15) is 0 Å². The van der Waals surface area contributed by atoms with Crippen molar-refractivity contribution < 1.29 is 20.1 Å². The van der Waals surface area contributed by atoms with Gasteiger partial charge in [0.1, 0.15) is 14.0 Å². The Labute approximate surface area is 67.2 Å². The van der Waals surface area contributed by atoms with Crippen molar-refractivity contribution in [2.75, 3.05) is 13.2 Å². The lowest BCUT2D eigenvalue weighted by molar-refractivity contribution is -0.0685. The van der Waals surface area contributed by atoms with Crippen LogP contribution in [0.1, 0.15) is 6.92 Å². The van der Waals surface area contributed by atoms with Crippen LogP contribution in [-0.2, 0) is 4.74 Å². The van der Waals surface area contributed by atoms with Crippen molar-refractivity contribution in [2.24, 2.45) is 0 Å². The molecule has 0 aromatic rings. The zero-order valence-electron chi connectivity index (χ0n) is 6.47. The number of hydrogen-bond donors (Lipinski definition) is 3. The zero-order valence-corrected chi connectivity index (χ0v) is 6.47. The Morgan fingerprint density at radius 3 is 2.09 bits per heavy atom. The second-order valence-electron chi connectivity index (χ2n) is 2.33. The van der Waals surface area contributed by atoms with Crippen LogP contribution in [0.15, 0.2) is 0 Å². The average Bonchev–Trinajstić information content (AvgIpc) is 1.99. The van der Waals surface area contributed by atoms with E-state index in [1.165, 1.54) is 6.92 Å². The molecule has 11 heavy (non-hydrogen) atoms. The number of hydrogen-bond acceptors (Lipinski definition) is 4. The summed E-state index contributed by atoms with van der Waals surface area (Å²) in [6.45, 7) is 0.852. The Kier molecular flexibility index (Phi) is 5.49. The molecule has 64 valence electrons. The summed E-state index contributed by atoms with van der Waals surface area (Å²) < 4.78 is 4.84. The lowest BCUT2D eigenvalue weighted by atomic mass is 9.95. The Morgan fingerprint density at radius 2 is 1.82 bits per heavy atom. The molecule has 3 N–H and O–H groups in total. The van der Waals surface area contributed by atoms with E-state index in [0.717, 1.165) is 0 Å². The highest BCUT2D eigenvalue weighted by atomic mass is 16.5. The molecular weight excluding hydrogens is 147 g/mol. The maximum atomic E-state index is 8.85. The predicted octanol–water partition coefficient (Wildman–Crippen LogP) is -1.77. The van der Waals surface area contributed by atoms with Gasteiger partial charge in [0.15, 0.2) is 0 Å². The molecule has 0 unspecified atom stereocenters. The molecule has 0 aliphatic heterocycles. The van der Waals surface area contributed by atoms with E-state index >= 15 is 0 Å². The maximum Gasteiger partial charge on any atom is 0.112 e. The van der Waals surface area contributed by atoms with E-state index in [1.54, 1.807) is 0 Å². The normalized spacial score (nSPS) is 16.8. The van der Waals surface area contributed by atoms with Gasteiger partial charge in [-0.3, -0.25) is 0 Å². The number of aliphatic hydroxyl groups is 3. The summed E-state index contributed by atoms with van der Waals surface area (Å²) in [7, 11) is 5.27. The van der Waals surface area contributed by atoms with Crippen LogP contribution in [0.5, 0.6) is 0 Å². The number of ether oxygens (including phenoxy) is 1. The van der Waals surface area contributed by atoms with Crippen LogP contribution >= 0.6 is 0 Å². The van der Waals surface area contributed by atoms with E-state index in [0.29, 0.717) is 0 Å². The van der Waals surface area contributed by atoms with Crippen molar-refractivity contribution in [1.29, 1.82) is 0 Å². The summed E-state index contributed by atoms with van der Waals surface area (Å²) >= 11 is 0. The summed E-state index contributed by atoms with van der Waals surface area (Å²) in [5, 5.41) is 25.9. The Hall–Kier alpha value is -0.0951. The highest BCUT2D eigenvalue weighted by molar-refractivity contribution is 6.11. The summed E-state index contributed by atoms with van der Waals surface area (Å²) in [5.74, 6) is 0. The highest BCUT2D eigenvalue weighted by Crippen LogP contribution is 1.98. The van der Waals surface area contributed by atoms with E-state index < -0.39 is 18.2 Å². The molecule has 2 radical (unpaired) electrons. The van der Waals surface area contributed by atoms with Crippen LogP contribution in [0, 0.1) is 0 Å². The van der Waals surface area contributed by atoms with Crippen LogP contribution in [0.2, 0.25) is 0 Å². The van der Waals surface area contributed by atoms with E-state index in [1.807, 2.05) is 0 Å². The lowest BCUT2D eigenvalue weighted by Gasteiger charge is -2.21. The molecule has 5 heteroatoms. The van der Waals surface area contributed by atoms with Gasteiger partial charge in [-0.25, -0.2) is 0 Å². The summed E-state index contributed by atoms with van der Waals surface area (Å²) in [6, 6.07) is -0.862. The molecule has 0 aliphatic carbocycles. The fraction of sp³-hybridized carbons (Fsp3) is 1.00. The van der Waals surface area contributed by atoms with Crippen LogP contribution < -0.4 is 0 Å². The van der Waals surface area contributed by atoms with Crippen molar-refractivity contribution in [1.82, 2.24) is 0 Å². The van der Waals surface area contributed by atoms with Crippen molar-refractivity contribution in [2.45, 2.75) is 25.1 Å². The first kappa shape index (κ1) is 10.9. The molecule has 0 saturated heterocycles. The van der Waals surface area contributed by atoms with Crippen LogP contribution in [-0.4, -0.2) is 54.6 Å². The summed E-state index contributed by atoms with van der Waals surface area (Å²) in [4.78, 5) is 0. The first-order valence-corrected chi connectivity index (χ1v) is 3.42. The minimum Gasteiger partial charge on any atom is -0.394 e. The Bertz CT molecular complexity index is 94.6. The average molecular weight is 160 g/mol. The third-order valence-corrected chi connectivity index (χ3v) is 1.23. The predicted molar refractivity (Wildman–Crippen MR) is 40.3 cm³/mol. The topological polar surface area (TPSA) is 69.9 Å². The minimum atomic E-state index is -0.862. The second-order valence-corrected chi connectivity index (χ2v) is 2.33. The van der Waals surface area contributed by atoms with Gasteiger partial charge in [0.2, 0.25) is 0 Å². The fourth-order valence-corrected chi connectivity index (χ4v) is 0.480. The van der Waals surface area contributed by atoms with Gasteiger partial charge in [-0.05, 0) is 6.92 Å². The zero-order chi connectivity index (χ0) is 8.85. The van der Waals surface area contributed by atoms with Gasteiger partial charge in [-0.15, -0.1) is 0 Å². The molecule has 0 bridgehead atoms. The van der Waals surface area contributed by atoms with E-state index in [2.05, 4.69) is 0 Å². The second kappa shape index (κ2) is 5.54. The summed E-state index contributed by atoms with van der Waals surface area (Å²) in [5.41, 5.74) is 0. The first-order valence-electron chi connectivity index (χ1n) is 3.42. The van der Waals surface area contributed by atoms with Crippen molar-refractivity contribution >= 4 is 7.85 Å². The van der Waals surface area contributed by atoms with Crippen molar-refractivity contribution in [3.05, 3.63) is 0 Å². The Morgan fingerprint density at radius 1 is 1.36 bits per heavy atom. The summed E-state index contributed by atoms with van der Waals surface area (Å²) in [6.07, 6.45) is -1.52. The Balaban J connectivity index is 3.62. The molecule has 0 saturated carbocycles. The highest BCUT2D eigenvalue weighted by Gasteiger charge is 2.14. The minimum absolute atomic E-state index is 0.309. The first-order chi connectivity index (χ1) is 5.11. The molecular formula is C6H13BO4. The lowest BCUT2D eigenvalue weighted by Crippen LogP contribution is -2.34. The van der Waals surface area contributed by atoms with E-state index in [4.69, 9.17) is 27.9 Å².